The highest BCUT2D eigenvalue weighted by molar-refractivity contribution is 5.95. The average molecular weight is 380 g/mol. The van der Waals surface area contributed by atoms with Crippen LogP contribution in [0.3, 0.4) is 0 Å². The summed E-state index contributed by atoms with van der Waals surface area (Å²) in [7, 11) is 4.84. The zero-order valence-corrected chi connectivity index (χ0v) is 15.8. The average Bonchev–Trinajstić information content (AvgIpc) is 3.19. The molecule has 28 heavy (non-hydrogen) atoms. The molecule has 0 unspecified atom stereocenters. The highest BCUT2D eigenvalue weighted by Gasteiger charge is 2.17. The maximum Gasteiger partial charge on any atom is 0.226 e. The van der Waals surface area contributed by atoms with Crippen LogP contribution in [-0.4, -0.2) is 59.0 Å². The third kappa shape index (κ3) is 3.16. The van der Waals surface area contributed by atoms with Crippen LogP contribution in [0.25, 0.3) is 27.9 Å². The second-order valence-electron chi connectivity index (χ2n) is 5.99. The van der Waals surface area contributed by atoms with E-state index in [1.807, 2.05) is 24.3 Å². The minimum absolute atomic E-state index is 0.539. The Morgan fingerprint density at radius 2 is 1.89 bits per heavy atom. The first-order valence-electron chi connectivity index (χ1n) is 8.71. The van der Waals surface area contributed by atoms with Crippen LogP contribution in [-0.2, 0) is 4.74 Å². The first kappa shape index (κ1) is 17.9. The van der Waals surface area contributed by atoms with Crippen molar-refractivity contribution in [3.63, 3.8) is 0 Å². The summed E-state index contributed by atoms with van der Waals surface area (Å²) >= 11 is 0. The molecular weight excluding hydrogens is 360 g/mol. The summed E-state index contributed by atoms with van der Waals surface area (Å²) in [5.41, 5.74) is 2.20. The molecular formula is C19H20N6O3. The third-order valence-corrected chi connectivity index (χ3v) is 4.29. The van der Waals surface area contributed by atoms with E-state index >= 15 is 0 Å². The lowest BCUT2D eigenvalue weighted by atomic mass is 10.2. The summed E-state index contributed by atoms with van der Waals surface area (Å²) in [6, 6.07) is 7.45. The van der Waals surface area contributed by atoms with Gasteiger partial charge in [0, 0.05) is 43.1 Å². The van der Waals surface area contributed by atoms with Gasteiger partial charge in [0.15, 0.2) is 23.0 Å². The molecule has 3 heterocycles. The van der Waals surface area contributed by atoms with Gasteiger partial charge in [-0.05, 0) is 18.2 Å². The predicted octanol–water partition coefficient (Wildman–Crippen LogP) is 2.42. The molecule has 0 saturated heterocycles. The number of methoxy groups -OCH3 is 3. The monoisotopic (exact) mass is 380 g/mol. The number of aromatic nitrogens is 5. The summed E-state index contributed by atoms with van der Waals surface area (Å²) in [6.07, 6.45) is 3.44. The number of anilines is 1. The minimum atomic E-state index is 0.539. The van der Waals surface area contributed by atoms with E-state index in [-0.39, 0.29) is 0 Å². The fraction of sp³-hybridized carbons (Fsp3) is 0.263. The molecule has 4 aromatic rings. The predicted molar refractivity (Wildman–Crippen MR) is 105 cm³/mol. The van der Waals surface area contributed by atoms with Gasteiger partial charge in [-0.1, -0.05) is 0 Å². The molecule has 0 saturated carbocycles. The van der Waals surface area contributed by atoms with Gasteiger partial charge in [0.25, 0.3) is 0 Å². The lowest BCUT2D eigenvalue weighted by Gasteiger charge is -2.11. The van der Waals surface area contributed by atoms with E-state index in [1.54, 1.807) is 38.2 Å². The fourth-order valence-corrected chi connectivity index (χ4v) is 2.93. The number of hydrogen-bond donors (Lipinski definition) is 1. The minimum Gasteiger partial charge on any atom is -0.493 e. The van der Waals surface area contributed by atoms with E-state index < -0.39 is 0 Å². The van der Waals surface area contributed by atoms with E-state index in [4.69, 9.17) is 24.2 Å². The highest BCUT2D eigenvalue weighted by Crippen LogP contribution is 2.34. The molecule has 4 rings (SSSR count). The van der Waals surface area contributed by atoms with Crippen LogP contribution < -0.4 is 14.8 Å². The molecule has 0 aliphatic heterocycles. The Kier molecular flexibility index (Phi) is 4.90. The number of nitrogens with one attached hydrogen (secondary N) is 1. The summed E-state index contributed by atoms with van der Waals surface area (Å²) in [4.78, 5) is 13.6. The molecule has 1 aromatic carbocycles. The lowest BCUT2D eigenvalue weighted by molar-refractivity contribution is 0.210. The van der Waals surface area contributed by atoms with E-state index in [2.05, 4.69) is 15.4 Å². The van der Waals surface area contributed by atoms with Gasteiger partial charge in [-0.3, -0.25) is 4.98 Å². The van der Waals surface area contributed by atoms with Crippen molar-refractivity contribution in [2.45, 2.75) is 0 Å². The van der Waals surface area contributed by atoms with E-state index in [0.29, 0.717) is 42.1 Å². The normalized spacial score (nSPS) is 11.1. The molecule has 3 aromatic heterocycles. The van der Waals surface area contributed by atoms with Gasteiger partial charge in [-0.2, -0.15) is 4.52 Å². The maximum absolute atomic E-state index is 5.44. The van der Waals surface area contributed by atoms with Crippen molar-refractivity contribution in [3.05, 3.63) is 36.7 Å². The Morgan fingerprint density at radius 3 is 2.61 bits per heavy atom. The quantitative estimate of drug-likeness (QED) is 0.489. The van der Waals surface area contributed by atoms with Gasteiger partial charge in [0.2, 0.25) is 5.95 Å². The molecule has 0 bridgehead atoms. The van der Waals surface area contributed by atoms with Crippen molar-refractivity contribution in [2.75, 3.05) is 39.8 Å². The van der Waals surface area contributed by atoms with Crippen LogP contribution in [0.5, 0.6) is 11.5 Å². The Morgan fingerprint density at radius 1 is 1.07 bits per heavy atom. The van der Waals surface area contributed by atoms with Crippen LogP contribution in [0.4, 0.5) is 5.95 Å². The molecule has 144 valence electrons. The fourth-order valence-electron chi connectivity index (χ4n) is 2.93. The number of rotatable bonds is 7. The topological polar surface area (TPSA) is 95.7 Å². The number of fused-ring (bicyclic) bond motifs is 3. The highest BCUT2D eigenvalue weighted by atomic mass is 16.5. The second-order valence-corrected chi connectivity index (χ2v) is 5.99. The lowest BCUT2D eigenvalue weighted by Crippen LogP contribution is -2.13. The number of nitrogens with zero attached hydrogens (tertiary/aromatic N) is 5. The van der Waals surface area contributed by atoms with Gasteiger partial charge in [0.1, 0.15) is 0 Å². The third-order valence-electron chi connectivity index (χ3n) is 4.29. The smallest absolute Gasteiger partial charge is 0.226 e. The van der Waals surface area contributed by atoms with Crippen LogP contribution in [0.15, 0.2) is 36.7 Å². The Bertz CT molecular complexity index is 1110. The van der Waals surface area contributed by atoms with Crippen molar-refractivity contribution in [1.29, 1.82) is 0 Å². The zero-order chi connectivity index (χ0) is 19.5. The second kappa shape index (κ2) is 7.65. The molecule has 0 fully saturated rings. The largest absolute Gasteiger partial charge is 0.493 e. The Balaban J connectivity index is 1.96. The number of ether oxygens (including phenoxy) is 3. The molecule has 0 spiro atoms. The van der Waals surface area contributed by atoms with E-state index in [0.717, 1.165) is 16.5 Å². The van der Waals surface area contributed by atoms with E-state index in [1.165, 1.54) is 0 Å². The van der Waals surface area contributed by atoms with Gasteiger partial charge in [-0.15, -0.1) is 5.10 Å². The molecule has 0 radical (unpaired) electrons. The SMILES string of the molecule is COCCNc1nc2cc(OC)c(OC)cc2c2nc(-c3cccnc3)nn12. The number of hydrogen-bond acceptors (Lipinski definition) is 8. The van der Waals surface area contributed by atoms with Crippen LogP contribution in [0, 0.1) is 0 Å². The van der Waals surface area contributed by atoms with Crippen molar-refractivity contribution in [1.82, 2.24) is 24.6 Å². The Labute approximate surface area is 161 Å². The van der Waals surface area contributed by atoms with Gasteiger partial charge >= 0.3 is 0 Å². The molecule has 9 nitrogen and oxygen atoms in total. The summed E-state index contributed by atoms with van der Waals surface area (Å²) in [5, 5.41) is 8.69. The van der Waals surface area contributed by atoms with Gasteiger partial charge < -0.3 is 19.5 Å². The Hall–Kier alpha value is -3.46. The summed E-state index contributed by atoms with van der Waals surface area (Å²) < 4.78 is 17.7. The van der Waals surface area contributed by atoms with Crippen LogP contribution >= 0.6 is 0 Å². The van der Waals surface area contributed by atoms with Crippen molar-refractivity contribution >= 4 is 22.5 Å². The molecule has 0 aliphatic carbocycles. The summed E-state index contributed by atoms with van der Waals surface area (Å²) in [6.45, 7) is 1.12. The van der Waals surface area contributed by atoms with E-state index in [9.17, 15) is 0 Å². The first-order valence-corrected chi connectivity index (χ1v) is 8.71. The van der Waals surface area contributed by atoms with Crippen LogP contribution in [0.1, 0.15) is 0 Å². The molecule has 0 aliphatic rings. The number of benzene rings is 1. The van der Waals surface area contributed by atoms with Crippen molar-refractivity contribution in [2.24, 2.45) is 0 Å². The molecule has 0 amide bonds. The zero-order valence-electron chi connectivity index (χ0n) is 15.8. The van der Waals surface area contributed by atoms with Crippen molar-refractivity contribution < 1.29 is 14.2 Å². The molecule has 0 atom stereocenters. The molecule has 1 N–H and O–H groups in total. The van der Waals surface area contributed by atoms with Gasteiger partial charge in [0.05, 0.1) is 26.3 Å². The van der Waals surface area contributed by atoms with Gasteiger partial charge in [-0.25, -0.2) is 9.97 Å². The molecule has 9 heteroatoms. The summed E-state index contributed by atoms with van der Waals surface area (Å²) in [5.74, 6) is 2.33. The van der Waals surface area contributed by atoms with Crippen molar-refractivity contribution in [3.8, 4) is 22.9 Å². The number of pyridine rings is 1. The maximum atomic E-state index is 5.44. The first-order chi connectivity index (χ1) is 13.7. The standard InChI is InChI=1S/C19H20N6O3/c1-26-8-7-21-19-22-14-10-16(28-3)15(27-2)9-13(14)18-23-17(24-25(18)19)12-5-4-6-20-11-12/h4-6,9-11H,7-8H2,1-3H3,(H,21,22). The van der Waals surface area contributed by atoms with Crippen LogP contribution in [0.2, 0.25) is 0 Å².